The highest BCUT2D eigenvalue weighted by atomic mass is 32.2. The molecule has 1 aliphatic rings. The van der Waals surface area contributed by atoms with Gasteiger partial charge in [-0.15, -0.1) is 18.3 Å². The highest BCUT2D eigenvalue weighted by molar-refractivity contribution is 8.14. The van der Waals surface area contributed by atoms with Gasteiger partial charge in [-0.25, -0.2) is 14.5 Å². The van der Waals surface area contributed by atoms with E-state index in [4.69, 9.17) is 0 Å². The maximum Gasteiger partial charge on any atom is 0.573 e. The summed E-state index contributed by atoms with van der Waals surface area (Å²) in [6.07, 6.45) is -1.57. The molecular weight excluding hydrogens is 577 g/mol. The van der Waals surface area contributed by atoms with Gasteiger partial charge in [-0.1, -0.05) is 68.1 Å². The second-order valence-electron chi connectivity index (χ2n) is 10.1. The molecule has 4 aromatic rings. The summed E-state index contributed by atoms with van der Waals surface area (Å²) in [5, 5.41) is 8.12. The van der Waals surface area contributed by atoms with E-state index in [1.165, 1.54) is 40.8 Å². The first-order valence-electron chi connectivity index (χ1n) is 13.9. The molecule has 2 heterocycles. The van der Waals surface area contributed by atoms with Crippen LogP contribution in [0.25, 0.3) is 17.1 Å². The number of anilines is 1. The third-order valence-electron chi connectivity index (χ3n) is 6.86. The van der Waals surface area contributed by atoms with Crippen molar-refractivity contribution in [1.82, 2.24) is 20.1 Å². The first-order valence-corrected chi connectivity index (χ1v) is 14.9. The molecule has 0 bridgehead atoms. The molecule has 12 heteroatoms. The maximum atomic E-state index is 12.7. The predicted octanol–water partition coefficient (Wildman–Crippen LogP) is 6.89. The topological polar surface area (TPSA) is 84.6 Å². The fourth-order valence-electron chi connectivity index (χ4n) is 4.76. The van der Waals surface area contributed by atoms with E-state index in [1.54, 1.807) is 11.8 Å². The number of amidine groups is 1. The Hall–Kier alpha value is -4.32. The van der Waals surface area contributed by atoms with Crippen LogP contribution in [0.1, 0.15) is 25.0 Å². The molecule has 0 radical (unpaired) electrons. The molecule has 1 atom stereocenters. The van der Waals surface area contributed by atoms with Crippen molar-refractivity contribution in [2.24, 2.45) is 10.9 Å². The van der Waals surface area contributed by atoms with Gasteiger partial charge in [0.15, 0.2) is 11.0 Å². The summed E-state index contributed by atoms with van der Waals surface area (Å²) in [6.45, 7) is 5.51. The number of para-hydroxylation sites is 1. The highest BCUT2D eigenvalue weighted by Gasteiger charge is 2.31. The van der Waals surface area contributed by atoms with Gasteiger partial charge in [-0.2, -0.15) is 4.99 Å². The van der Waals surface area contributed by atoms with E-state index < -0.39 is 6.36 Å². The van der Waals surface area contributed by atoms with Crippen LogP contribution in [0.15, 0.2) is 84.1 Å². The molecule has 1 unspecified atom stereocenters. The van der Waals surface area contributed by atoms with Crippen molar-refractivity contribution in [1.29, 1.82) is 0 Å². The molecule has 2 amide bonds. The first-order chi connectivity index (χ1) is 20.7. The number of aryl methyl sites for hydroxylation is 1. The normalized spacial score (nSPS) is 15.1. The minimum absolute atomic E-state index is 0.185. The van der Waals surface area contributed by atoms with Gasteiger partial charge in [0.2, 0.25) is 0 Å². The molecule has 0 saturated carbocycles. The van der Waals surface area contributed by atoms with Crippen molar-refractivity contribution in [3.63, 3.8) is 0 Å². The first kappa shape index (κ1) is 30.1. The number of alkyl halides is 3. The van der Waals surface area contributed by atoms with Crippen molar-refractivity contribution in [3.05, 3.63) is 90.3 Å². The number of aliphatic imine (C=N–C) groups is 1. The zero-order valence-corrected chi connectivity index (χ0v) is 24.5. The van der Waals surface area contributed by atoms with Crippen LogP contribution in [0.4, 0.5) is 23.7 Å². The van der Waals surface area contributed by atoms with Crippen molar-refractivity contribution in [3.8, 4) is 22.8 Å². The van der Waals surface area contributed by atoms with E-state index in [1.807, 2.05) is 36.4 Å². The lowest BCUT2D eigenvalue weighted by molar-refractivity contribution is -0.274. The Morgan fingerprint density at radius 1 is 1.09 bits per heavy atom. The summed E-state index contributed by atoms with van der Waals surface area (Å²) in [5.41, 5.74) is 4.80. The largest absolute Gasteiger partial charge is 0.573 e. The molecule has 43 heavy (non-hydrogen) atoms. The van der Waals surface area contributed by atoms with Crippen LogP contribution in [0.2, 0.25) is 0 Å². The summed E-state index contributed by atoms with van der Waals surface area (Å²) in [7, 11) is 0. The van der Waals surface area contributed by atoms with E-state index in [-0.39, 0.29) is 17.7 Å². The number of thioether (sulfide) groups is 1. The summed E-state index contributed by atoms with van der Waals surface area (Å²) < 4.78 is 42.6. The Labute approximate surface area is 252 Å². The van der Waals surface area contributed by atoms with Gasteiger partial charge >= 0.3 is 12.4 Å². The average molecular weight is 609 g/mol. The Balaban J connectivity index is 1.13. The Kier molecular flexibility index (Phi) is 9.34. The van der Waals surface area contributed by atoms with Crippen LogP contribution < -0.4 is 15.0 Å². The molecule has 0 spiro atoms. The minimum atomic E-state index is -4.74. The molecule has 8 nitrogen and oxygen atoms in total. The summed E-state index contributed by atoms with van der Waals surface area (Å²) in [5.74, 6) is 1.26. The molecule has 5 rings (SSSR count). The van der Waals surface area contributed by atoms with Gasteiger partial charge in [-0.05, 0) is 60.2 Å². The molecule has 1 fully saturated rings. The number of aromatic nitrogens is 3. The van der Waals surface area contributed by atoms with Gasteiger partial charge in [0.05, 0.1) is 5.69 Å². The molecule has 1 saturated heterocycles. The predicted molar refractivity (Wildman–Crippen MR) is 163 cm³/mol. The van der Waals surface area contributed by atoms with Crippen LogP contribution in [-0.4, -0.2) is 51.2 Å². The number of hydrogen-bond acceptors (Lipinski definition) is 5. The molecule has 224 valence electrons. The molecule has 1 aliphatic heterocycles. The standard InChI is InChI=1S/C31H31F3N6O2S/c1-3-23-6-4-5-7-27(23)39-16-17-43-30(39)37-29(41)35-19-21(2)18-22-8-10-24(11-9-22)28-36-20-40(38-28)25-12-14-26(15-13-25)42-31(32,33)34/h4-15,20-21H,3,16-19H2,1-2H3,(H,35,41)/b37-30-. The number of carbonyl (C=O) groups is 1. The van der Waals surface area contributed by atoms with E-state index in [9.17, 15) is 18.0 Å². The number of benzene rings is 3. The van der Waals surface area contributed by atoms with Crippen LogP contribution in [0, 0.1) is 5.92 Å². The van der Waals surface area contributed by atoms with E-state index >= 15 is 0 Å². The fraction of sp³-hybridized carbons (Fsp3) is 0.290. The van der Waals surface area contributed by atoms with E-state index in [2.05, 4.69) is 56.0 Å². The molecular formula is C31H31F3N6O2S. The number of ether oxygens (including phenoxy) is 1. The number of urea groups is 1. The number of nitrogens with zero attached hydrogens (tertiary/aromatic N) is 5. The van der Waals surface area contributed by atoms with E-state index in [0.29, 0.717) is 18.1 Å². The quantitative estimate of drug-likeness (QED) is 0.223. The third-order valence-corrected chi connectivity index (χ3v) is 7.82. The lowest BCUT2D eigenvalue weighted by Crippen LogP contribution is -2.30. The summed E-state index contributed by atoms with van der Waals surface area (Å²) in [6, 6.07) is 21.1. The van der Waals surface area contributed by atoms with Gasteiger partial charge in [0.1, 0.15) is 12.1 Å². The zero-order valence-electron chi connectivity index (χ0n) is 23.7. The van der Waals surface area contributed by atoms with E-state index in [0.717, 1.165) is 47.1 Å². The maximum absolute atomic E-state index is 12.7. The monoisotopic (exact) mass is 608 g/mol. The number of hydrogen-bond donors (Lipinski definition) is 1. The second kappa shape index (κ2) is 13.3. The minimum Gasteiger partial charge on any atom is -0.406 e. The second-order valence-corrected chi connectivity index (χ2v) is 11.2. The number of rotatable bonds is 9. The summed E-state index contributed by atoms with van der Waals surface area (Å²) in [4.78, 5) is 23.5. The Morgan fingerprint density at radius 3 is 2.56 bits per heavy atom. The van der Waals surface area contributed by atoms with Crippen molar-refractivity contribution in [2.75, 3.05) is 23.7 Å². The van der Waals surface area contributed by atoms with Crippen molar-refractivity contribution < 1.29 is 22.7 Å². The zero-order chi connectivity index (χ0) is 30.4. The van der Waals surface area contributed by atoms with Crippen LogP contribution >= 0.6 is 11.8 Å². The van der Waals surface area contributed by atoms with Crippen molar-refractivity contribution in [2.45, 2.75) is 33.1 Å². The fourth-order valence-corrected chi connectivity index (χ4v) is 5.71. The molecule has 1 aromatic heterocycles. The van der Waals surface area contributed by atoms with Gasteiger partial charge < -0.3 is 15.0 Å². The van der Waals surface area contributed by atoms with Gasteiger partial charge in [0.25, 0.3) is 0 Å². The lowest BCUT2D eigenvalue weighted by Gasteiger charge is -2.21. The Bertz CT molecular complexity index is 1570. The smallest absolute Gasteiger partial charge is 0.406 e. The average Bonchev–Trinajstić information content (AvgIpc) is 3.66. The van der Waals surface area contributed by atoms with Gasteiger partial charge in [-0.3, -0.25) is 0 Å². The number of halogens is 3. The number of amides is 2. The van der Waals surface area contributed by atoms with Gasteiger partial charge in [0, 0.05) is 30.1 Å². The van der Waals surface area contributed by atoms with Crippen LogP contribution in [0.5, 0.6) is 5.75 Å². The van der Waals surface area contributed by atoms with Crippen LogP contribution in [-0.2, 0) is 12.8 Å². The number of carbonyl (C=O) groups excluding carboxylic acids is 1. The molecule has 0 aliphatic carbocycles. The molecule has 3 aromatic carbocycles. The Morgan fingerprint density at radius 2 is 1.84 bits per heavy atom. The lowest BCUT2D eigenvalue weighted by atomic mass is 10.00. The third kappa shape index (κ3) is 7.95. The SMILES string of the molecule is CCc1ccccc1N1CCS/C1=N\C(=O)NCC(C)Cc1ccc(-c2ncn(-c3ccc(OC(F)(F)F)cc3)n2)cc1. The number of nitrogens with one attached hydrogen (secondary N) is 1. The highest BCUT2D eigenvalue weighted by Crippen LogP contribution is 2.29. The molecule has 1 N–H and O–H groups in total. The van der Waals surface area contributed by atoms with Crippen molar-refractivity contribution >= 4 is 28.6 Å². The summed E-state index contributed by atoms with van der Waals surface area (Å²) >= 11 is 1.59. The van der Waals surface area contributed by atoms with Crippen LogP contribution in [0.3, 0.4) is 0 Å².